The van der Waals surface area contributed by atoms with Gasteiger partial charge in [-0.3, -0.25) is 48.1 Å². The van der Waals surface area contributed by atoms with Crippen LogP contribution in [0.4, 0.5) is 0 Å². The number of aromatic amines is 1. The Balaban J connectivity index is 1.90. The van der Waals surface area contributed by atoms with Gasteiger partial charge < -0.3 is 92.8 Å². The van der Waals surface area contributed by atoms with Gasteiger partial charge in [0.15, 0.2) is 5.96 Å². The Morgan fingerprint density at radius 1 is 0.500 bits per heavy atom. The quantitative estimate of drug-likeness (QED) is 0.0166. The van der Waals surface area contributed by atoms with Gasteiger partial charge in [0.05, 0.1) is 6.04 Å². The molecule has 9 unspecified atom stereocenters. The molecule has 476 valence electrons. The van der Waals surface area contributed by atoms with Crippen molar-refractivity contribution in [2.24, 2.45) is 51.0 Å². The first kappa shape index (κ1) is 72.1. The molecule has 24 N–H and O–H groups in total. The number of aromatic nitrogens is 1. The van der Waals surface area contributed by atoms with Crippen LogP contribution in [-0.2, 0) is 60.8 Å². The third-order valence-corrected chi connectivity index (χ3v) is 14.1. The third kappa shape index (κ3) is 26.4. The van der Waals surface area contributed by atoms with Gasteiger partial charge in [-0.2, -0.15) is 0 Å². The number of nitrogens with two attached hydrogens (primary N) is 7. The average Bonchev–Trinajstić information content (AvgIpc) is 3.46. The highest BCUT2D eigenvalue weighted by molar-refractivity contribution is 5.98. The maximum atomic E-state index is 14.4. The largest absolute Gasteiger partial charge is 0.480 e. The summed E-state index contributed by atoms with van der Waals surface area (Å²) in [6.07, 6.45) is 4.17. The van der Waals surface area contributed by atoms with Gasteiger partial charge in [-0.05, 0) is 127 Å². The highest BCUT2D eigenvalue weighted by Crippen LogP contribution is 2.20. The number of fused-ring (bicyclic) bond motifs is 1. The van der Waals surface area contributed by atoms with Crippen LogP contribution in [0.1, 0.15) is 122 Å². The number of nitrogens with one attached hydrogen (secondary N) is 9. The van der Waals surface area contributed by atoms with Gasteiger partial charge in [0.25, 0.3) is 0 Å². The number of hydrogen-bond donors (Lipinski definition) is 17. The predicted molar refractivity (Wildman–Crippen MR) is 325 cm³/mol. The second-order valence-corrected chi connectivity index (χ2v) is 21.8. The normalized spacial score (nSPS) is 14.3. The summed E-state index contributed by atoms with van der Waals surface area (Å²) in [5.41, 5.74) is 42.2. The molecule has 3 rings (SSSR count). The number of carboxylic acids is 1. The van der Waals surface area contributed by atoms with Gasteiger partial charge in [-0.15, -0.1) is 0 Å². The first-order valence-electron chi connectivity index (χ1n) is 29.4. The van der Waals surface area contributed by atoms with Crippen molar-refractivity contribution in [2.45, 2.75) is 178 Å². The first-order chi connectivity index (χ1) is 41.0. The second kappa shape index (κ2) is 38.7. The van der Waals surface area contributed by atoms with E-state index in [0.717, 1.165) is 10.9 Å². The Kier molecular flexibility index (Phi) is 32.4. The van der Waals surface area contributed by atoms with Crippen LogP contribution in [0.5, 0.6) is 0 Å². The number of para-hydroxylation sites is 1. The number of benzene rings is 2. The number of primary amides is 1. The number of carbonyl (C=O) groups excluding carboxylic acids is 9. The molecule has 0 bridgehead atoms. The lowest BCUT2D eigenvalue weighted by atomic mass is 10.0. The van der Waals surface area contributed by atoms with E-state index in [2.05, 4.69) is 52.5 Å². The summed E-state index contributed by atoms with van der Waals surface area (Å²) in [6.45, 7) is 5.85. The Labute approximate surface area is 502 Å². The van der Waals surface area contributed by atoms with E-state index in [0.29, 0.717) is 62.6 Å². The number of carboxylic acid groups (broad SMARTS) is 1. The van der Waals surface area contributed by atoms with Gasteiger partial charge in [-0.25, -0.2) is 4.79 Å². The van der Waals surface area contributed by atoms with Gasteiger partial charge in [0, 0.05) is 42.9 Å². The van der Waals surface area contributed by atoms with Crippen LogP contribution in [0, 0.1) is 5.92 Å². The summed E-state index contributed by atoms with van der Waals surface area (Å²) in [7, 11) is 0. The number of nitrogens with zero attached hydrogens (tertiary/aromatic N) is 1. The van der Waals surface area contributed by atoms with E-state index in [1.807, 2.05) is 24.3 Å². The lowest BCUT2D eigenvalue weighted by Crippen LogP contribution is -2.60. The highest BCUT2D eigenvalue weighted by Gasteiger charge is 2.35. The number of guanidine groups is 1. The van der Waals surface area contributed by atoms with Crippen molar-refractivity contribution < 1.29 is 53.1 Å². The van der Waals surface area contributed by atoms with Crippen LogP contribution in [-0.4, -0.2) is 156 Å². The minimum absolute atomic E-state index is 0.0142. The molecule has 0 aliphatic carbocycles. The van der Waals surface area contributed by atoms with Crippen LogP contribution in [0.25, 0.3) is 10.9 Å². The van der Waals surface area contributed by atoms with Gasteiger partial charge in [0.2, 0.25) is 53.2 Å². The summed E-state index contributed by atoms with van der Waals surface area (Å²) in [4.78, 5) is 144. The van der Waals surface area contributed by atoms with Crippen molar-refractivity contribution in [3.63, 3.8) is 0 Å². The number of aliphatic imine (C=N–C) groups is 1. The fourth-order valence-corrected chi connectivity index (χ4v) is 9.29. The molecule has 0 saturated heterocycles. The molecule has 0 aliphatic heterocycles. The van der Waals surface area contributed by atoms with Crippen molar-refractivity contribution in [3.05, 3.63) is 71.9 Å². The molecule has 0 radical (unpaired) electrons. The van der Waals surface area contributed by atoms with E-state index in [4.69, 9.17) is 40.1 Å². The summed E-state index contributed by atoms with van der Waals surface area (Å²) < 4.78 is 0. The van der Waals surface area contributed by atoms with E-state index in [-0.39, 0.29) is 82.9 Å². The lowest BCUT2D eigenvalue weighted by Gasteiger charge is -2.28. The SMILES string of the molecule is CC(C)CC(NC(=O)C(Cc1ccccc1)NC(=O)C(CCCN=C(N)N)NC(=O)C(CCCCN)NC(=O)C(CCC(N)=O)NC(=O)C(C)NC(=O)C(CCCCN)NC(=O)C(Cc1c[nH]c2ccccc12)NC(=O)C(N)CCCCN)C(=O)O. The maximum Gasteiger partial charge on any atom is 0.326 e. The zero-order valence-corrected chi connectivity index (χ0v) is 49.7. The Bertz CT molecular complexity index is 2700. The number of amides is 9. The molecular formula is C58H93N17O11. The fourth-order valence-electron chi connectivity index (χ4n) is 9.29. The summed E-state index contributed by atoms with van der Waals surface area (Å²) in [5, 5.41) is 31.9. The summed E-state index contributed by atoms with van der Waals surface area (Å²) >= 11 is 0. The van der Waals surface area contributed by atoms with Crippen molar-refractivity contribution >= 4 is 76.0 Å². The minimum atomic E-state index is -1.53. The molecule has 9 amide bonds. The molecule has 0 aliphatic rings. The number of unbranched alkanes of at least 4 members (excludes halogenated alkanes) is 3. The fraction of sp³-hybridized carbons (Fsp3) is 0.569. The van der Waals surface area contributed by atoms with E-state index in [9.17, 15) is 53.1 Å². The maximum absolute atomic E-state index is 14.4. The highest BCUT2D eigenvalue weighted by atomic mass is 16.4. The van der Waals surface area contributed by atoms with E-state index in [1.165, 1.54) is 6.92 Å². The van der Waals surface area contributed by atoms with Gasteiger partial charge in [-0.1, -0.05) is 68.8 Å². The van der Waals surface area contributed by atoms with Crippen LogP contribution in [0.15, 0.2) is 65.8 Å². The average molecular weight is 1200 g/mol. The zero-order valence-electron chi connectivity index (χ0n) is 49.7. The van der Waals surface area contributed by atoms with Crippen molar-refractivity contribution in [2.75, 3.05) is 26.2 Å². The summed E-state index contributed by atoms with van der Waals surface area (Å²) in [6, 6.07) is 4.33. The number of rotatable bonds is 42. The van der Waals surface area contributed by atoms with E-state index in [1.54, 1.807) is 50.4 Å². The Morgan fingerprint density at radius 2 is 0.942 bits per heavy atom. The number of H-pyrrole nitrogens is 1. The number of carbonyl (C=O) groups is 10. The van der Waals surface area contributed by atoms with Crippen LogP contribution >= 0.6 is 0 Å². The van der Waals surface area contributed by atoms with Gasteiger partial charge in [0.1, 0.15) is 48.3 Å². The van der Waals surface area contributed by atoms with Crippen molar-refractivity contribution in [1.29, 1.82) is 0 Å². The predicted octanol–water partition coefficient (Wildman–Crippen LogP) is -1.98. The van der Waals surface area contributed by atoms with Crippen LogP contribution in [0.2, 0.25) is 0 Å². The Morgan fingerprint density at radius 3 is 1.47 bits per heavy atom. The van der Waals surface area contributed by atoms with Crippen LogP contribution < -0.4 is 82.7 Å². The molecule has 1 heterocycles. The van der Waals surface area contributed by atoms with E-state index >= 15 is 0 Å². The third-order valence-electron chi connectivity index (χ3n) is 14.1. The summed E-state index contributed by atoms with van der Waals surface area (Å²) in [5.74, 6) is -8.86. The molecule has 2 aromatic carbocycles. The van der Waals surface area contributed by atoms with Crippen LogP contribution in [0.3, 0.4) is 0 Å². The number of aliphatic carboxylic acids is 1. The first-order valence-corrected chi connectivity index (χ1v) is 29.4. The van der Waals surface area contributed by atoms with Gasteiger partial charge >= 0.3 is 5.97 Å². The monoisotopic (exact) mass is 1200 g/mol. The molecule has 3 aromatic rings. The lowest BCUT2D eigenvalue weighted by molar-refractivity contribution is -0.142. The molecule has 28 nitrogen and oxygen atoms in total. The van der Waals surface area contributed by atoms with E-state index < -0.39 is 120 Å². The molecule has 0 saturated carbocycles. The molecule has 9 atom stereocenters. The van der Waals surface area contributed by atoms with Crippen molar-refractivity contribution in [3.8, 4) is 0 Å². The zero-order chi connectivity index (χ0) is 63.7. The second-order valence-electron chi connectivity index (χ2n) is 21.8. The molecule has 0 fully saturated rings. The molecular weight excluding hydrogens is 1110 g/mol. The molecule has 0 spiro atoms. The minimum Gasteiger partial charge on any atom is -0.480 e. The van der Waals surface area contributed by atoms with Crippen molar-refractivity contribution in [1.82, 2.24) is 47.5 Å². The molecule has 1 aromatic heterocycles. The Hall–Kier alpha value is -8.21. The smallest absolute Gasteiger partial charge is 0.326 e. The number of hydrogen-bond acceptors (Lipinski definition) is 15. The standard InChI is InChI=1S/C58H93N17O11/c1-34(2)30-47(57(85)86)75-55(83)45(31-36-16-5-4-6-17-36)74-53(81)43(23-15-29-66-58(64)65)71-52(80)42(22-11-14-28-61)70-54(82)44(24-25-48(63)76)69-49(77)35(3)68-51(79)41(21-10-13-27-60)72-56(84)46(73-50(78)39(62)19-9-12-26-59)32-37-33-67-40-20-8-7-18-38(37)40/h4-8,16-18,20,33-35,39,41-47,67H,9-15,19,21-32,59-62H2,1-3H3,(H2,63,76)(H,68,79)(H,69,77)(H,70,82)(H,71,80)(H,72,84)(H,73,78)(H,74,81)(H,75,83)(H,85,86)(H4,64,65,66). The molecule has 86 heavy (non-hydrogen) atoms. The topological polar surface area (TPSA) is 497 Å². The molecule has 28 heteroatoms.